The number of benzene rings is 2. The minimum absolute atomic E-state index is 0. The molecule has 142 valence electrons. The molecular weight excluding hydrogens is 449 g/mol. The number of nitrogens with zero attached hydrogens (tertiary/aromatic N) is 2. The van der Waals surface area contributed by atoms with Crippen molar-refractivity contribution in [2.45, 2.75) is 19.6 Å². The van der Waals surface area contributed by atoms with Crippen molar-refractivity contribution in [3.63, 3.8) is 0 Å². The highest BCUT2D eigenvalue weighted by Gasteiger charge is 2.07. The van der Waals surface area contributed by atoms with E-state index in [1.807, 2.05) is 26.2 Å². The average molecular weight is 474 g/mol. The van der Waals surface area contributed by atoms with E-state index in [0.29, 0.717) is 12.5 Å². The Morgan fingerprint density at radius 1 is 0.962 bits per heavy atom. The van der Waals surface area contributed by atoms with E-state index >= 15 is 0 Å². The fraction of sp³-hybridized carbons (Fsp3) is 0.316. The molecule has 0 aromatic heterocycles. The van der Waals surface area contributed by atoms with E-state index in [1.165, 1.54) is 11.6 Å². The summed E-state index contributed by atoms with van der Waals surface area (Å²) >= 11 is 0. The van der Waals surface area contributed by atoms with Crippen molar-refractivity contribution in [1.82, 2.24) is 15.5 Å². The molecule has 0 spiro atoms. The van der Waals surface area contributed by atoms with Gasteiger partial charge in [-0.2, -0.15) is 0 Å². The minimum Gasteiger partial charge on any atom is -0.352 e. The molecule has 0 amide bonds. The standard InChI is InChI=1S/C19H24F2N4.HI/c1-22-19(24-12-16-10-17(20)8-9-18(16)21)23-11-14-6-4-5-7-15(14)13-25(2)3;/h4-10H,11-13H2,1-3H3,(H2,22,23,24);1H. The largest absolute Gasteiger partial charge is 0.352 e. The Hall–Kier alpha value is -1.74. The number of rotatable bonds is 6. The first kappa shape index (κ1) is 22.3. The zero-order chi connectivity index (χ0) is 18.2. The molecule has 0 bridgehead atoms. The van der Waals surface area contributed by atoms with Crippen molar-refractivity contribution < 1.29 is 8.78 Å². The molecule has 0 saturated heterocycles. The lowest BCUT2D eigenvalue weighted by molar-refractivity contribution is 0.400. The molecule has 0 saturated carbocycles. The summed E-state index contributed by atoms with van der Waals surface area (Å²) in [4.78, 5) is 6.24. The van der Waals surface area contributed by atoms with Crippen LogP contribution in [0.5, 0.6) is 0 Å². The third kappa shape index (κ3) is 6.87. The van der Waals surface area contributed by atoms with Crippen LogP contribution in [0.4, 0.5) is 8.78 Å². The molecule has 0 radical (unpaired) electrons. The van der Waals surface area contributed by atoms with Crippen LogP contribution in [0, 0.1) is 11.6 Å². The molecule has 0 aliphatic heterocycles. The maximum atomic E-state index is 13.7. The predicted octanol–water partition coefficient (Wildman–Crippen LogP) is 3.51. The number of halogens is 3. The number of guanidine groups is 1. The van der Waals surface area contributed by atoms with Gasteiger partial charge in [-0.1, -0.05) is 24.3 Å². The average Bonchev–Trinajstić information content (AvgIpc) is 2.58. The highest BCUT2D eigenvalue weighted by atomic mass is 127. The van der Waals surface area contributed by atoms with E-state index in [-0.39, 0.29) is 36.1 Å². The Morgan fingerprint density at radius 2 is 1.58 bits per heavy atom. The van der Waals surface area contributed by atoms with Gasteiger partial charge in [0.05, 0.1) is 0 Å². The Bertz CT molecular complexity index is 735. The molecule has 0 atom stereocenters. The van der Waals surface area contributed by atoms with E-state index < -0.39 is 11.6 Å². The molecule has 26 heavy (non-hydrogen) atoms. The molecule has 0 aliphatic rings. The second-order valence-corrected chi connectivity index (χ2v) is 6.02. The summed E-state index contributed by atoms with van der Waals surface area (Å²) in [6, 6.07) is 11.6. The minimum atomic E-state index is -0.459. The second-order valence-electron chi connectivity index (χ2n) is 6.02. The lowest BCUT2D eigenvalue weighted by atomic mass is 10.1. The van der Waals surface area contributed by atoms with Gasteiger partial charge >= 0.3 is 0 Å². The number of hydrogen-bond donors (Lipinski definition) is 2. The first-order chi connectivity index (χ1) is 12.0. The summed E-state index contributed by atoms with van der Waals surface area (Å²) in [6.45, 7) is 1.59. The lowest BCUT2D eigenvalue weighted by Gasteiger charge is -2.16. The summed E-state index contributed by atoms with van der Waals surface area (Å²) in [5, 5.41) is 6.21. The maximum absolute atomic E-state index is 13.7. The van der Waals surface area contributed by atoms with Crippen LogP contribution in [0.3, 0.4) is 0 Å². The third-order valence-electron chi connectivity index (χ3n) is 3.73. The molecule has 4 nitrogen and oxygen atoms in total. The molecule has 7 heteroatoms. The van der Waals surface area contributed by atoms with Gasteiger partial charge in [0.2, 0.25) is 0 Å². The zero-order valence-electron chi connectivity index (χ0n) is 15.2. The van der Waals surface area contributed by atoms with E-state index in [4.69, 9.17) is 0 Å². The molecule has 0 aliphatic carbocycles. The van der Waals surface area contributed by atoms with Gasteiger partial charge in [-0.05, 0) is 43.4 Å². The van der Waals surface area contributed by atoms with Crippen molar-refractivity contribution in [2.75, 3.05) is 21.1 Å². The van der Waals surface area contributed by atoms with Gasteiger partial charge in [0.1, 0.15) is 11.6 Å². The van der Waals surface area contributed by atoms with Gasteiger partial charge in [-0.15, -0.1) is 24.0 Å². The van der Waals surface area contributed by atoms with Gasteiger partial charge in [0.25, 0.3) is 0 Å². The van der Waals surface area contributed by atoms with Gasteiger partial charge in [-0.3, -0.25) is 4.99 Å². The Balaban J connectivity index is 0.00000338. The first-order valence-electron chi connectivity index (χ1n) is 8.09. The highest BCUT2D eigenvalue weighted by molar-refractivity contribution is 14.0. The third-order valence-corrected chi connectivity index (χ3v) is 3.73. The monoisotopic (exact) mass is 474 g/mol. The molecule has 2 rings (SSSR count). The van der Waals surface area contributed by atoms with Crippen LogP contribution >= 0.6 is 24.0 Å². The lowest BCUT2D eigenvalue weighted by Crippen LogP contribution is -2.36. The van der Waals surface area contributed by atoms with Gasteiger partial charge in [0.15, 0.2) is 5.96 Å². The van der Waals surface area contributed by atoms with E-state index in [1.54, 1.807) is 7.05 Å². The fourth-order valence-electron chi connectivity index (χ4n) is 2.48. The summed E-state index contributed by atoms with van der Waals surface area (Å²) in [6.07, 6.45) is 0. The van der Waals surface area contributed by atoms with Crippen molar-refractivity contribution in [1.29, 1.82) is 0 Å². The normalized spacial score (nSPS) is 11.2. The molecule has 2 N–H and O–H groups in total. The zero-order valence-corrected chi connectivity index (χ0v) is 17.6. The molecule has 0 unspecified atom stereocenters. The van der Waals surface area contributed by atoms with Crippen molar-refractivity contribution >= 4 is 29.9 Å². The van der Waals surface area contributed by atoms with E-state index in [0.717, 1.165) is 24.2 Å². The van der Waals surface area contributed by atoms with Crippen molar-refractivity contribution in [3.8, 4) is 0 Å². The number of hydrogen-bond acceptors (Lipinski definition) is 2. The molecular formula is C19H25F2IN4. The number of nitrogens with one attached hydrogen (secondary N) is 2. The van der Waals surface area contributed by atoms with Crippen LogP contribution in [-0.2, 0) is 19.6 Å². The van der Waals surface area contributed by atoms with Crippen LogP contribution in [0.25, 0.3) is 0 Å². The second kappa shape index (κ2) is 11.1. The fourth-order valence-corrected chi connectivity index (χ4v) is 2.48. The first-order valence-corrected chi connectivity index (χ1v) is 8.09. The smallest absolute Gasteiger partial charge is 0.191 e. The molecule has 0 fully saturated rings. The Kier molecular flexibility index (Phi) is 9.50. The summed E-state index contributed by atoms with van der Waals surface area (Å²) < 4.78 is 26.9. The molecule has 2 aromatic carbocycles. The van der Waals surface area contributed by atoms with E-state index in [2.05, 4.69) is 32.7 Å². The summed E-state index contributed by atoms with van der Waals surface area (Å²) in [5.74, 6) is -0.372. The quantitative estimate of drug-likeness (QED) is 0.383. The topological polar surface area (TPSA) is 39.7 Å². The predicted molar refractivity (Wildman–Crippen MR) is 113 cm³/mol. The van der Waals surface area contributed by atoms with Crippen LogP contribution in [-0.4, -0.2) is 32.0 Å². The van der Waals surface area contributed by atoms with Crippen LogP contribution in [0.15, 0.2) is 47.5 Å². The van der Waals surface area contributed by atoms with Gasteiger partial charge < -0.3 is 15.5 Å². The van der Waals surface area contributed by atoms with E-state index in [9.17, 15) is 8.78 Å². The highest BCUT2D eigenvalue weighted by Crippen LogP contribution is 2.11. The van der Waals surface area contributed by atoms with Crippen LogP contribution in [0.2, 0.25) is 0 Å². The van der Waals surface area contributed by atoms with Crippen molar-refractivity contribution in [2.24, 2.45) is 4.99 Å². The van der Waals surface area contributed by atoms with Crippen LogP contribution < -0.4 is 10.6 Å². The maximum Gasteiger partial charge on any atom is 0.191 e. The van der Waals surface area contributed by atoms with Gasteiger partial charge in [-0.25, -0.2) is 8.78 Å². The summed E-state index contributed by atoms with van der Waals surface area (Å²) in [7, 11) is 5.69. The SMILES string of the molecule is CN=C(NCc1cc(F)ccc1F)NCc1ccccc1CN(C)C.I. The Morgan fingerprint density at radius 3 is 2.19 bits per heavy atom. The van der Waals surface area contributed by atoms with Crippen molar-refractivity contribution in [3.05, 3.63) is 70.8 Å². The van der Waals surface area contributed by atoms with Crippen LogP contribution in [0.1, 0.15) is 16.7 Å². The molecule has 2 aromatic rings. The van der Waals surface area contributed by atoms with Gasteiger partial charge in [0, 0.05) is 32.2 Å². The number of aliphatic imine (C=N–C) groups is 1. The Labute approximate surface area is 170 Å². The molecule has 0 heterocycles. The summed E-state index contributed by atoms with van der Waals surface area (Å²) in [5.41, 5.74) is 2.65.